The SMILES string of the molecule is CCOc1cc2c(cc1C(O)C(C)CC)OC(C)C2. The minimum atomic E-state index is -0.503. The van der Waals surface area contributed by atoms with Gasteiger partial charge in [-0.15, -0.1) is 0 Å². The molecule has 3 heteroatoms. The van der Waals surface area contributed by atoms with Crippen molar-refractivity contribution in [2.24, 2.45) is 5.92 Å². The Kier molecular flexibility index (Phi) is 4.35. The largest absolute Gasteiger partial charge is 0.493 e. The molecule has 1 aromatic carbocycles. The van der Waals surface area contributed by atoms with Gasteiger partial charge in [-0.25, -0.2) is 0 Å². The van der Waals surface area contributed by atoms with Gasteiger partial charge in [-0.05, 0) is 31.9 Å². The van der Waals surface area contributed by atoms with Crippen molar-refractivity contribution in [1.82, 2.24) is 0 Å². The summed E-state index contributed by atoms with van der Waals surface area (Å²) in [6.07, 6.45) is 1.55. The van der Waals surface area contributed by atoms with Gasteiger partial charge in [0.25, 0.3) is 0 Å². The Morgan fingerprint density at radius 3 is 2.79 bits per heavy atom. The molecule has 2 rings (SSSR count). The fourth-order valence-corrected chi connectivity index (χ4v) is 2.50. The van der Waals surface area contributed by atoms with Crippen LogP contribution in [0.15, 0.2) is 12.1 Å². The first-order valence-electron chi connectivity index (χ1n) is 7.21. The lowest BCUT2D eigenvalue weighted by Crippen LogP contribution is -2.10. The number of aliphatic hydroxyl groups excluding tert-OH is 1. The summed E-state index contributed by atoms with van der Waals surface area (Å²) in [5.74, 6) is 1.90. The van der Waals surface area contributed by atoms with E-state index in [1.54, 1.807) is 0 Å². The van der Waals surface area contributed by atoms with E-state index >= 15 is 0 Å². The molecule has 3 atom stereocenters. The standard InChI is InChI=1S/C16H24O3/c1-5-10(3)16(17)13-9-14-12(7-11(4)19-14)8-15(13)18-6-2/h8-11,16-17H,5-7H2,1-4H3. The molecule has 1 heterocycles. The summed E-state index contributed by atoms with van der Waals surface area (Å²) >= 11 is 0. The van der Waals surface area contributed by atoms with Crippen LogP contribution < -0.4 is 9.47 Å². The quantitative estimate of drug-likeness (QED) is 0.884. The Labute approximate surface area is 115 Å². The third kappa shape index (κ3) is 2.86. The van der Waals surface area contributed by atoms with Gasteiger partial charge in [0.2, 0.25) is 0 Å². The van der Waals surface area contributed by atoms with Crippen LogP contribution in [0, 0.1) is 5.92 Å². The molecule has 0 aromatic heterocycles. The molecule has 0 amide bonds. The van der Waals surface area contributed by atoms with Crippen molar-refractivity contribution < 1.29 is 14.6 Å². The third-order valence-electron chi connectivity index (χ3n) is 3.83. The van der Waals surface area contributed by atoms with Crippen LogP contribution in [0.2, 0.25) is 0 Å². The number of rotatable bonds is 5. The lowest BCUT2D eigenvalue weighted by molar-refractivity contribution is 0.111. The molecule has 0 saturated carbocycles. The van der Waals surface area contributed by atoms with Crippen molar-refractivity contribution in [1.29, 1.82) is 0 Å². The molecule has 0 bridgehead atoms. The third-order valence-corrected chi connectivity index (χ3v) is 3.83. The van der Waals surface area contributed by atoms with Crippen LogP contribution in [-0.2, 0) is 6.42 Å². The Morgan fingerprint density at radius 1 is 1.42 bits per heavy atom. The number of aliphatic hydroxyl groups is 1. The van der Waals surface area contributed by atoms with Crippen LogP contribution in [0.25, 0.3) is 0 Å². The Balaban J connectivity index is 2.38. The zero-order valence-electron chi connectivity index (χ0n) is 12.3. The highest BCUT2D eigenvalue weighted by molar-refractivity contribution is 5.49. The number of benzene rings is 1. The summed E-state index contributed by atoms with van der Waals surface area (Å²) < 4.78 is 11.5. The fourth-order valence-electron chi connectivity index (χ4n) is 2.50. The number of ether oxygens (including phenoxy) is 2. The second kappa shape index (κ2) is 5.83. The highest BCUT2D eigenvalue weighted by Gasteiger charge is 2.26. The van der Waals surface area contributed by atoms with E-state index in [0.717, 1.165) is 29.9 Å². The molecular weight excluding hydrogens is 240 g/mol. The Hall–Kier alpha value is -1.22. The maximum Gasteiger partial charge on any atom is 0.125 e. The maximum absolute atomic E-state index is 10.5. The molecule has 3 unspecified atom stereocenters. The van der Waals surface area contributed by atoms with Gasteiger partial charge in [0.05, 0.1) is 12.7 Å². The molecule has 1 aromatic rings. The van der Waals surface area contributed by atoms with E-state index in [4.69, 9.17) is 9.47 Å². The van der Waals surface area contributed by atoms with E-state index in [1.807, 2.05) is 19.1 Å². The highest BCUT2D eigenvalue weighted by Crippen LogP contribution is 2.39. The molecule has 0 spiro atoms. The summed E-state index contributed by atoms with van der Waals surface area (Å²) in [5, 5.41) is 10.5. The van der Waals surface area contributed by atoms with Gasteiger partial charge in [0.1, 0.15) is 17.6 Å². The fraction of sp³-hybridized carbons (Fsp3) is 0.625. The van der Waals surface area contributed by atoms with Gasteiger partial charge in [-0.1, -0.05) is 20.3 Å². The van der Waals surface area contributed by atoms with Crippen LogP contribution in [-0.4, -0.2) is 17.8 Å². The average Bonchev–Trinajstić information content (AvgIpc) is 2.75. The molecule has 1 N–H and O–H groups in total. The minimum absolute atomic E-state index is 0.205. The molecule has 1 aliphatic heterocycles. The van der Waals surface area contributed by atoms with Crippen molar-refractivity contribution >= 4 is 0 Å². The van der Waals surface area contributed by atoms with Gasteiger partial charge < -0.3 is 14.6 Å². The number of hydrogen-bond donors (Lipinski definition) is 1. The molecule has 0 saturated heterocycles. The smallest absolute Gasteiger partial charge is 0.125 e. The van der Waals surface area contributed by atoms with Crippen LogP contribution in [0.5, 0.6) is 11.5 Å². The van der Waals surface area contributed by atoms with Crippen molar-refractivity contribution in [3.8, 4) is 11.5 Å². The Morgan fingerprint density at radius 2 is 2.16 bits per heavy atom. The minimum Gasteiger partial charge on any atom is -0.493 e. The second-order valence-electron chi connectivity index (χ2n) is 5.39. The molecule has 19 heavy (non-hydrogen) atoms. The molecule has 1 aliphatic rings. The summed E-state index contributed by atoms with van der Waals surface area (Å²) in [7, 11) is 0. The van der Waals surface area contributed by atoms with E-state index in [2.05, 4.69) is 20.8 Å². The maximum atomic E-state index is 10.5. The van der Waals surface area contributed by atoms with Gasteiger partial charge >= 0.3 is 0 Å². The predicted molar refractivity (Wildman–Crippen MR) is 75.8 cm³/mol. The van der Waals surface area contributed by atoms with Crippen molar-refractivity contribution in [3.05, 3.63) is 23.3 Å². The van der Waals surface area contributed by atoms with Gasteiger partial charge in [0.15, 0.2) is 0 Å². The summed E-state index contributed by atoms with van der Waals surface area (Å²) in [5.41, 5.74) is 2.03. The normalized spacial score (nSPS) is 20.6. The highest BCUT2D eigenvalue weighted by atomic mass is 16.5. The first-order chi connectivity index (χ1) is 9.06. The number of fused-ring (bicyclic) bond motifs is 1. The van der Waals surface area contributed by atoms with E-state index < -0.39 is 6.10 Å². The zero-order chi connectivity index (χ0) is 14.0. The summed E-state index contributed by atoms with van der Waals surface area (Å²) in [6, 6.07) is 3.99. The van der Waals surface area contributed by atoms with Gasteiger partial charge in [-0.2, -0.15) is 0 Å². The average molecular weight is 264 g/mol. The first-order valence-corrected chi connectivity index (χ1v) is 7.21. The second-order valence-corrected chi connectivity index (χ2v) is 5.39. The Bertz CT molecular complexity index is 442. The molecule has 0 aliphatic carbocycles. The molecule has 0 fully saturated rings. The molecular formula is C16H24O3. The predicted octanol–water partition coefficient (Wildman–Crippen LogP) is 3.49. The molecule has 3 nitrogen and oxygen atoms in total. The van der Waals surface area contributed by atoms with E-state index in [9.17, 15) is 5.11 Å². The van der Waals surface area contributed by atoms with Gasteiger partial charge in [-0.3, -0.25) is 0 Å². The van der Waals surface area contributed by atoms with E-state index in [0.29, 0.717) is 6.61 Å². The first kappa shape index (κ1) is 14.2. The van der Waals surface area contributed by atoms with Crippen LogP contribution in [0.4, 0.5) is 0 Å². The van der Waals surface area contributed by atoms with Crippen LogP contribution in [0.1, 0.15) is 51.3 Å². The van der Waals surface area contributed by atoms with Crippen molar-refractivity contribution in [2.75, 3.05) is 6.61 Å². The molecule has 106 valence electrons. The summed E-state index contributed by atoms with van der Waals surface area (Å²) in [4.78, 5) is 0. The van der Waals surface area contributed by atoms with E-state index in [1.165, 1.54) is 5.56 Å². The number of hydrogen-bond acceptors (Lipinski definition) is 3. The lowest BCUT2D eigenvalue weighted by atomic mass is 9.93. The van der Waals surface area contributed by atoms with Crippen LogP contribution in [0.3, 0.4) is 0 Å². The van der Waals surface area contributed by atoms with Crippen molar-refractivity contribution in [2.45, 2.75) is 52.7 Å². The summed E-state index contributed by atoms with van der Waals surface area (Å²) in [6.45, 7) is 8.77. The van der Waals surface area contributed by atoms with E-state index in [-0.39, 0.29) is 12.0 Å². The van der Waals surface area contributed by atoms with Gasteiger partial charge in [0, 0.05) is 17.5 Å². The topological polar surface area (TPSA) is 38.7 Å². The van der Waals surface area contributed by atoms with Crippen molar-refractivity contribution in [3.63, 3.8) is 0 Å². The monoisotopic (exact) mass is 264 g/mol. The zero-order valence-corrected chi connectivity index (χ0v) is 12.3. The van der Waals surface area contributed by atoms with Crippen LogP contribution >= 0.6 is 0 Å². The lowest BCUT2D eigenvalue weighted by Gasteiger charge is -2.21. The molecule has 0 radical (unpaired) electrons.